The molecule has 1 aliphatic heterocycles. The van der Waals surface area contributed by atoms with Crippen LogP contribution in [0.5, 0.6) is 0 Å². The van der Waals surface area contributed by atoms with Crippen molar-refractivity contribution in [3.8, 4) is 11.1 Å². The molecule has 3 aromatic carbocycles. The van der Waals surface area contributed by atoms with Gasteiger partial charge in [0.1, 0.15) is 11.4 Å². The molecule has 0 radical (unpaired) electrons. The Morgan fingerprint density at radius 2 is 1.58 bits per heavy atom. The van der Waals surface area contributed by atoms with Gasteiger partial charge < -0.3 is 20.1 Å². The van der Waals surface area contributed by atoms with Crippen molar-refractivity contribution in [3.63, 3.8) is 0 Å². The molecule has 2 aliphatic rings. The van der Waals surface area contributed by atoms with Crippen LogP contribution in [0.1, 0.15) is 74.4 Å². The summed E-state index contributed by atoms with van der Waals surface area (Å²) in [5.41, 5.74) is 4.04. The smallest absolute Gasteiger partial charge is 0.407 e. The number of ketones is 1. The van der Waals surface area contributed by atoms with Crippen molar-refractivity contribution >= 4 is 35.3 Å². The molecule has 2 N–H and O–H groups in total. The number of nitrogens with zero attached hydrogens (tertiary/aromatic N) is 3. The summed E-state index contributed by atoms with van der Waals surface area (Å²) in [6.45, 7) is 6.31. The highest BCUT2D eigenvalue weighted by molar-refractivity contribution is 6.01. The van der Waals surface area contributed by atoms with Gasteiger partial charge in [-0.2, -0.15) is 5.11 Å². The highest BCUT2D eigenvalue weighted by Gasteiger charge is 2.31. The maximum atomic E-state index is 13.8. The first-order valence-electron chi connectivity index (χ1n) is 17.1. The molecule has 0 aromatic heterocycles. The lowest BCUT2D eigenvalue weighted by Crippen LogP contribution is -2.37. The van der Waals surface area contributed by atoms with E-state index in [9.17, 15) is 19.2 Å². The third-order valence-corrected chi connectivity index (χ3v) is 8.97. The number of hydrogen-bond donors (Lipinski definition) is 2. The molecule has 2 amide bonds. The third kappa shape index (κ3) is 10.2. The first-order valence-corrected chi connectivity index (χ1v) is 17.1. The second-order valence-corrected chi connectivity index (χ2v) is 13.9. The summed E-state index contributed by atoms with van der Waals surface area (Å²) in [6.07, 6.45) is 3.14. The summed E-state index contributed by atoms with van der Waals surface area (Å²) in [7, 11) is 1.35. The zero-order chi connectivity index (χ0) is 35.7. The van der Waals surface area contributed by atoms with Crippen LogP contribution in [0.25, 0.3) is 11.1 Å². The number of aliphatic imine (C=N–C) groups is 1. The highest BCUT2D eigenvalue weighted by Crippen LogP contribution is 2.32. The quantitative estimate of drug-likeness (QED) is 0.191. The van der Waals surface area contributed by atoms with Crippen molar-refractivity contribution in [2.24, 2.45) is 33.0 Å². The van der Waals surface area contributed by atoms with Crippen LogP contribution in [0.15, 0.2) is 88.0 Å². The Hall–Kier alpha value is -5.19. The standard InChI is InChI=1S/C39H45N5O6/c1-39(2,3)50-38(48)40-23-26-10-14-28(15-11-26)34(45)22-32(36(46)43-33-18-16-29(17-19-33)35-41-24-42-44-35)20-25-8-12-27(13-9-25)30-6-5-7-31(21-30)37(47)49-4/h5-9,12-13,16-19,21,26,28,32H,10-11,14-15,20,22-24H2,1-4H3,(H,40,48)(H,43,46)/t26?,28?,32-/m1/s1. The van der Waals surface area contributed by atoms with Crippen molar-refractivity contribution in [2.45, 2.75) is 64.9 Å². The molecule has 262 valence electrons. The largest absolute Gasteiger partial charge is 0.465 e. The maximum absolute atomic E-state index is 13.8. The first kappa shape index (κ1) is 36.1. The van der Waals surface area contributed by atoms with Gasteiger partial charge in [-0.25, -0.2) is 14.6 Å². The van der Waals surface area contributed by atoms with Gasteiger partial charge in [0.25, 0.3) is 0 Å². The van der Waals surface area contributed by atoms with E-state index in [2.05, 4.69) is 25.9 Å². The normalized spacial score (nSPS) is 17.7. The van der Waals surface area contributed by atoms with Crippen LogP contribution in [0.2, 0.25) is 0 Å². The number of carbonyl (C=O) groups excluding carboxylic acids is 4. The van der Waals surface area contributed by atoms with Crippen molar-refractivity contribution in [1.82, 2.24) is 5.32 Å². The Labute approximate surface area is 293 Å². The predicted molar refractivity (Wildman–Crippen MR) is 191 cm³/mol. The van der Waals surface area contributed by atoms with E-state index < -0.39 is 23.6 Å². The van der Waals surface area contributed by atoms with Crippen molar-refractivity contribution in [1.29, 1.82) is 0 Å². The molecular weight excluding hydrogens is 634 g/mol. The molecule has 11 heteroatoms. The molecule has 50 heavy (non-hydrogen) atoms. The van der Waals surface area contributed by atoms with Crippen LogP contribution in [0, 0.1) is 17.8 Å². The molecule has 0 spiro atoms. The minimum Gasteiger partial charge on any atom is -0.465 e. The molecule has 0 unspecified atom stereocenters. The summed E-state index contributed by atoms with van der Waals surface area (Å²) in [4.78, 5) is 55.8. The number of ether oxygens (including phenoxy) is 2. The molecular formula is C39H45N5O6. The number of esters is 1. The van der Waals surface area contributed by atoms with E-state index in [1.54, 1.807) is 24.3 Å². The number of rotatable bonds is 12. The van der Waals surface area contributed by atoms with Crippen LogP contribution in [-0.4, -0.2) is 55.5 Å². The highest BCUT2D eigenvalue weighted by atomic mass is 16.6. The Balaban J connectivity index is 1.24. The first-order chi connectivity index (χ1) is 24.0. The number of nitrogens with one attached hydrogen (secondary N) is 2. The van der Waals surface area contributed by atoms with Gasteiger partial charge in [-0.3, -0.25) is 9.59 Å². The number of amidine groups is 1. The molecule has 1 aliphatic carbocycles. The van der Waals surface area contributed by atoms with E-state index in [1.165, 1.54) is 7.11 Å². The third-order valence-electron chi connectivity index (χ3n) is 8.97. The van der Waals surface area contributed by atoms with Gasteiger partial charge in [0, 0.05) is 36.1 Å². The second-order valence-electron chi connectivity index (χ2n) is 13.9. The number of azo groups is 1. The van der Waals surface area contributed by atoms with Gasteiger partial charge in [-0.15, -0.1) is 5.11 Å². The fourth-order valence-corrected chi connectivity index (χ4v) is 6.28. The topological polar surface area (TPSA) is 148 Å². The van der Waals surface area contributed by atoms with Crippen LogP contribution >= 0.6 is 0 Å². The minimum absolute atomic E-state index is 0.0832. The zero-order valence-electron chi connectivity index (χ0n) is 29.1. The van der Waals surface area contributed by atoms with Crippen molar-refractivity contribution in [3.05, 3.63) is 89.5 Å². The van der Waals surface area contributed by atoms with Gasteiger partial charge >= 0.3 is 12.1 Å². The molecule has 1 atom stereocenters. The van der Waals surface area contributed by atoms with E-state index in [4.69, 9.17) is 9.47 Å². The summed E-state index contributed by atoms with van der Waals surface area (Å²) in [6, 6.07) is 22.3. The summed E-state index contributed by atoms with van der Waals surface area (Å²) >= 11 is 0. The number of hydrogen-bond acceptors (Lipinski definition) is 9. The van der Waals surface area contributed by atoms with Gasteiger partial charge in [0.2, 0.25) is 5.91 Å². The van der Waals surface area contributed by atoms with Crippen molar-refractivity contribution in [2.75, 3.05) is 25.6 Å². The molecule has 5 rings (SSSR count). The fraction of sp³-hybridized carbons (Fsp3) is 0.410. The number of amides is 2. The zero-order valence-corrected chi connectivity index (χ0v) is 29.1. The number of Topliss-reactive ketones (excluding diaryl/α,β-unsaturated/α-hetero) is 1. The van der Waals surface area contributed by atoms with Gasteiger partial charge in [0.05, 0.1) is 12.7 Å². The fourth-order valence-electron chi connectivity index (χ4n) is 6.28. The lowest BCUT2D eigenvalue weighted by Gasteiger charge is -2.29. The number of anilines is 1. The lowest BCUT2D eigenvalue weighted by atomic mass is 9.77. The predicted octanol–water partition coefficient (Wildman–Crippen LogP) is 7.40. The molecule has 11 nitrogen and oxygen atoms in total. The Kier molecular flexibility index (Phi) is 11.9. The summed E-state index contributed by atoms with van der Waals surface area (Å²) in [5.74, 6) is -0.433. The molecule has 1 fully saturated rings. The second kappa shape index (κ2) is 16.5. The maximum Gasteiger partial charge on any atom is 0.407 e. The Morgan fingerprint density at radius 3 is 2.22 bits per heavy atom. The number of alkyl carbamates (subject to hydrolysis) is 1. The molecule has 0 bridgehead atoms. The summed E-state index contributed by atoms with van der Waals surface area (Å²) < 4.78 is 10.2. The molecule has 0 saturated heterocycles. The van der Waals surface area contributed by atoms with E-state index >= 15 is 0 Å². The van der Waals surface area contributed by atoms with E-state index in [1.807, 2.05) is 69.3 Å². The van der Waals surface area contributed by atoms with Crippen LogP contribution in [-0.2, 0) is 25.5 Å². The van der Waals surface area contributed by atoms with E-state index in [0.717, 1.165) is 47.9 Å². The molecule has 1 saturated carbocycles. The van der Waals surface area contributed by atoms with E-state index in [-0.39, 0.29) is 29.9 Å². The lowest BCUT2D eigenvalue weighted by molar-refractivity contribution is -0.129. The molecule has 3 aromatic rings. The average Bonchev–Trinajstić information content (AvgIpc) is 3.66. The van der Waals surface area contributed by atoms with Crippen LogP contribution < -0.4 is 10.6 Å². The number of benzene rings is 3. The minimum atomic E-state index is -0.588. The van der Waals surface area contributed by atoms with E-state index in [0.29, 0.717) is 36.7 Å². The van der Waals surface area contributed by atoms with Gasteiger partial charge in [-0.05, 0) is 112 Å². The Morgan fingerprint density at radius 1 is 0.880 bits per heavy atom. The SMILES string of the molecule is COC(=O)c1cccc(-c2ccc(C[C@H](CC(=O)C3CCC(CNC(=O)OC(C)(C)C)CC3)C(=O)Nc3ccc(C4=NCN=N4)cc3)cc2)c1. The Bertz CT molecular complexity index is 1740. The summed E-state index contributed by atoms with van der Waals surface area (Å²) in [5, 5.41) is 13.8. The van der Waals surface area contributed by atoms with Crippen molar-refractivity contribution < 1.29 is 28.7 Å². The van der Waals surface area contributed by atoms with Gasteiger partial charge in [0.15, 0.2) is 12.5 Å². The monoisotopic (exact) mass is 679 g/mol. The number of carbonyl (C=O) groups is 4. The van der Waals surface area contributed by atoms with Gasteiger partial charge in [-0.1, -0.05) is 36.4 Å². The average molecular weight is 680 g/mol. The van der Waals surface area contributed by atoms with Crippen LogP contribution in [0.4, 0.5) is 10.5 Å². The molecule has 1 heterocycles. The van der Waals surface area contributed by atoms with Crippen LogP contribution in [0.3, 0.4) is 0 Å². The number of methoxy groups -OCH3 is 1.